The lowest BCUT2D eigenvalue weighted by molar-refractivity contribution is 0.205. The molecule has 1 N–H and O–H groups in total. The second-order valence-corrected chi connectivity index (χ2v) is 6.05. The lowest BCUT2D eigenvalue weighted by Gasteiger charge is -2.44. The maximum absolute atomic E-state index is 3.86. The molecule has 2 atom stereocenters. The molecule has 1 aromatic carbocycles. The Kier molecular flexibility index (Phi) is 7.29. The third-order valence-electron chi connectivity index (χ3n) is 5.03. The summed E-state index contributed by atoms with van der Waals surface area (Å²) in [5.41, 5.74) is 1.75. The summed E-state index contributed by atoms with van der Waals surface area (Å²) in [6.45, 7) is 12.8. The number of nitrogens with one attached hydrogen (secondary N) is 1. The van der Waals surface area contributed by atoms with E-state index in [0.717, 1.165) is 6.54 Å². The highest BCUT2D eigenvalue weighted by atomic mass is 14.9. The fourth-order valence-electron chi connectivity index (χ4n) is 3.52. The van der Waals surface area contributed by atoms with Crippen molar-refractivity contribution in [1.82, 2.24) is 5.32 Å². The zero-order valence-corrected chi connectivity index (χ0v) is 14.1. The van der Waals surface area contributed by atoms with Crippen molar-refractivity contribution in [3.63, 3.8) is 0 Å². The largest absolute Gasteiger partial charge is 0.313 e. The van der Waals surface area contributed by atoms with E-state index in [1.165, 1.54) is 31.2 Å². The quantitative estimate of drug-likeness (QED) is 0.656. The van der Waals surface area contributed by atoms with Gasteiger partial charge in [0.05, 0.1) is 0 Å². The molecule has 0 amide bonds. The smallest absolute Gasteiger partial charge is 0.0189 e. The van der Waals surface area contributed by atoms with E-state index in [4.69, 9.17) is 0 Å². The van der Waals surface area contributed by atoms with Crippen LogP contribution < -0.4 is 5.32 Å². The molecule has 1 nitrogen and oxygen atoms in total. The van der Waals surface area contributed by atoms with Crippen molar-refractivity contribution in [3.05, 3.63) is 35.9 Å². The standard InChI is InChI=1S/C19H33N/c1-6-15-20-18(16(5)7-2)19(8-3,9-4)17-13-11-10-12-14-17/h10-14,16,18,20H,6-9,15H2,1-5H3. The van der Waals surface area contributed by atoms with Crippen LogP contribution in [0.3, 0.4) is 0 Å². The predicted molar refractivity (Wildman–Crippen MR) is 90.2 cm³/mol. The highest BCUT2D eigenvalue weighted by molar-refractivity contribution is 5.28. The summed E-state index contributed by atoms with van der Waals surface area (Å²) in [4.78, 5) is 0. The molecular formula is C19H33N. The SMILES string of the molecule is CCCNC(C(C)CC)C(CC)(CC)c1ccccc1. The minimum Gasteiger partial charge on any atom is -0.313 e. The van der Waals surface area contributed by atoms with E-state index in [2.05, 4.69) is 70.3 Å². The van der Waals surface area contributed by atoms with Crippen LogP contribution in [-0.4, -0.2) is 12.6 Å². The zero-order chi connectivity index (χ0) is 15.0. The molecular weight excluding hydrogens is 242 g/mol. The van der Waals surface area contributed by atoms with E-state index >= 15 is 0 Å². The average Bonchev–Trinajstić information content (AvgIpc) is 2.52. The highest BCUT2D eigenvalue weighted by Gasteiger charge is 2.39. The van der Waals surface area contributed by atoms with Crippen molar-refractivity contribution >= 4 is 0 Å². The second-order valence-electron chi connectivity index (χ2n) is 6.05. The third-order valence-corrected chi connectivity index (χ3v) is 5.03. The summed E-state index contributed by atoms with van der Waals surface area (Å²) in [7, 11) is 0. The normalized spacial score (nSPS) is 15.1. The van der Waals surface area contributed by atoms with Gasteiger partial charge in [-0.05, 0) is 37.3 Å². The molecule has 0 bridgehead atoms. The van der Waals surface area contributed by atoms with Crippen LogP contribution in [0, 0.1) is 5.92 Å². The van der Waals surface area contributed by atoms with Crippen LogP contribution in [0.1, 0.15) is 65.9 Å². The molecule has 0 saturated heterocycles. The molecule has 0 aromatic heterocycles. The Morgan fingerprint density at radius 2 is 1.60 bits per heavy atom. The number of hydrogen-bond donors (Lipinski definition) is 1. The van der Waals surface area contributed by atoms with Crippen molar-refractivity contribution in [1.29, 1.82) is 0 Å². The van der Waals surface area contributed by atoms with Crippen LogP contribution in [0.4, 0.5) is 0 Å². The topological polar surface area (TPSA) is 12.0 Å². The summed E-state index contributed by atoms with van der Waals surface area (Å²) < 4.78 is 0. The lowest BCUT2D eigenvalue weighted by Crippen LogP contribution is -2.51. The van der Waals surface area contributed by atoms with Gasteiger partial charge in [-0.15, -0.1) is 0 Å². The fraction of sp³-hybridized carbons (Fsp3) is 0.684. The molecule has 114 valence electrons. The maximum atomic E-state index is 3.86. The molecule has 0 radical (unpaired) electrons. The number of benzene rings is 1. The van der Waals surface area contributed by atoms with Gasteiger partial charge in [0.1, 0.15) is 0 Å². The lowest BCUT2D eigenvalue weighted by atomic mass is 9.66. The fourth-order valence-corrected chi connectivity index (χ4v) is 3.52. The van der Waals surface area contributed by atoms with Crippen molar-refractivity contribution < 1.29 is 0 Å². The summed E-state index contributed by atoms with van der Waals surface area (Å²) in [5, 5.41) is 3.86. The number of rotatable bonds is 9. The van der Waals surface area contributed by atoms with E-state index in [-0.39, 0.29) is 5.41 Å². The molecule has 1 heteroatoms. The monoisotopic (exact) mass is 275 g/mol. The highest BCUT2D eigenvalue weighted by Crippen LogP contribution is 2.38. The minimum absolute atomic E-state index is 0.256. The molecule has 1 aromatic rings. The van der Waals surface area contributed by atoms with Crippen molar-refractivity contribution in [2.75, 3.05) is 6.54 Å². The zero-order valence-electron chi connectivity index (χ0n) is 14.1. The Bertz CT molecular complexity index is 353. The molecule has 0 aliphatic carbocycles. The van der Waals surface area contributed by atoms with Gasteiger partial charge in [-0.2, -0.15) is 0 Å². The Morgan fingerprint density at radius 1 is 1.00 bits per heavy atom. The second kappa shape index (κ2) is 8.46. The minimum atomic E-state index is 0.256. The van der Waals surface area contributed by atoms with E-state index in [9.17, 15) is 0 Å². The van der Waals surface area contributed by atoms with Crippen LogP contribution in [-0.2, 0) is 5.41 Å². The maximum Gasteiger partial charge on any atom is 0.0189 e. The molecule has 2 unspecified atom stereocenters. The van der Waals surface area contributed by atoms with E-state index in [1.807, 2.05) is 0 Å². The van der Waals surface area contributed by atoms with E-state index in [0.29, 0.717) is 12.0 Å². The Balaban J connectivity index is 3.18. The summed E-state index contributed by atoms with van der Waals surface area (Å²) >= 11 is 0. The van der Waals surface area contributed by atoms with Gasteiger partial charge in [0.2, 0.25) is 0 Å². The average molecular weight is 275 g/mol. The first-order valence-electron chi connectivity index (χ1n) is 8.45. The molecule has 20 heavy (non-hydrogen) atoms. The van der Waals surface area contributed by atoms with Crippen molar-refractivity contribution in [2.24, 2.45) is 5.92 Å². The molecule has 0 heterocycles. The molecule has 0 fully saturated rings. The first-order chi connectivity index (χ1) is 9.66. The van der Waals surface area contributed by atoms with Gasteiger partial charge in [0, 0.05) is 11.5 Å². The first kappa shape index (κ1) is 17.2. The Labute approximate surface area is 126 Å². The summed E-state index contributed by atoms with van der Waals surface area (Å²) in [6, 6.07) is 11.7. The van der Waals surface area contributed by atoms with E-state index in [1.54, 1.807) is 0 Å². The van der Waals surface area contributed by atoms with Gasteiger partial charge in [0.15, 0.2) is 0 Å². The van der Waals surface area contributed by atoms with Crippen LogP contribution in [0.2, 0.25) is 0 Å². The number of hydrogen-bond acceptors (Lipinski definition) is 1. The van der Waals surface area contributed by atoms with Crippen LogP contribution in [0.5, 0.6) is 0 Å². The Morgan fingerprint density at radius 3 is 2.05 bits per heavy atom. The third kappa shape index (κ3) is 3.63. The molecule has 0 aliphatic heterocycles. The van der Waals surface area contributed by atoms with Gasteiger partial charge < -0.3 is 5.32 Å². The summed E-state index contributed by atoms with van der Waals surface area (Å²) in [5.74, 6) is 0.696. The molecule has 1 rings (SSSR count). The first-order valence-corrected chi connectivity index (χ1v) is 8.45. The van der Waals surface area contributed by atoms with Crippen molar-refractivity contribution in [2.45, 2.75) is 71.8 Å². The molecule has 0 spiro atoms. The van der Waals surface area contributed by atoms with Gasteiger partial charge in [-0.25, -0.2) is 0 Å². The van der Waals surface area contributed by atoms with Crippen LogP contribution >= 0.6 is 0 Å². The van der Waals surface area contributed by atoms with Crippen LogP contribution in [0.15, 0.2) is 30.3 Å². The predicted octanol–water partition coefficient (Wildman–Crippen LogP) is 5.16. The van der Waals surface area contributed by atoms with E-state index < -0.39 is 0 Å². The van der Waals surface area contributed by atoms with Gasteiger partial charge in [0.25, 0.3) is 0 Å². The van der Waals surface area contributed by atoms with Gasteiger partial charge in [-0.1, -0.05) is 71.4 Å². The van der Waals surface area contributed by atoms with Gasteiger partial charge in [-0.3, -0.25) is 0 Å². The summed E-state index contributed by atoms with van der Waals surface area (Å²) in [6.07, 6.45) is 4.82. The van der Waals surface area contributed by atoms with Crippen molar-refractivity contribution in [3.8, 4) is 0 Å². The van der Waals surface area contributed by atoms with Crippen LogP contribution in [0.25, 0.3) is 0 Å². The molecule has 0 saturated carbocycles. The Hall–Kier alpha value is -0.820. The molecule has 0 aliphatic rings. The van der Waals surface area contributed by atoms with Gasteiger partial charge >= 0.3 is 0 Å².